The highest BCUT2D eigenvalue weighted by molar-refractivity contribution is 8.04. The first-order valence-corrected chi connectivity index (χ1v) is 6.41. The highest BCUT2D eigenvalue weighted by Crippen LogP contribution is 2.29. The van der Waals surface area contributed by atoms with Gasteiger partial charge in [0.25, 0.3) is 0 Å². The van der Waals surface area contributed by atoms with Gasteiger partial charge in [-0.1, -0.05) is 52.6 Å². The van der Waals surface area contributed by atoms with Gasteiger partial charge in [0.2, 0.25) is 0 Å². The van der Waals surface area contributed by atoms with Gasteiger partial charge in [0.1, 0.15) is 4.36 Å². The Labute approximate surface area is 115 Å². The molecule has 0 spiro atoms. The fraction of sp³-hybridized carbons (Fsp3) is 0.167. The van der Waals surface area contributed by atoms with E-state index in [2.05, 4.69) is 17.5 Å². The second-order valence-electron chi connectivity index (χ2n) is 3.21. The molecule has 1 aromatic rings. The van der Waals surface area contributed by atoms with Gasteiger partial charge >= 0.3 is 0 Å². The topological polar surface area (TPSA) is 0 Å². The van der Waals surface area contributed by atoms with Crippen LogP contribution in [0, 0.1) is 13.8 Å². The van der Waals surface area contributed by atoms with Gasteiger partial charge in [0, 0.05) is 4.90 Å². The summed E-state index contributed by atoms with van der Waals surface area (Å²) in [6, 6.07) is 6.20. The van der Waals surface area contributed by atoms with Crippen molar-refractivity contribution in [2.24, 2.45) is 0 Å². The smallest absolute Gasteiger partial charge is 0.0687 e. The molecule has 16 heavy (non-hydrogen) atoms. The summed E-state index contributed by atoms with van der Waals surface area (Å²) >= 11 is 18.1. The van der Waals surface area contributed by atoms with Gasteiger partial charge in [-0.25, -0.2) is 0 Å². The summed E-state index contributed by atoms with van der Waals surface area (Å²) in [4.78, 5) is 1.06. The fourth-order valence-corrected chi connectivity index (χ4v) is 2.42. The molecule has 0 N–H and O–H groups in total. The van der Waals surface area contributed by atoms with E-state index in [9.17, 15) is 0 Å². The summed E-state index contributed by atoms with van der Waals surface area (Å²) in [6.07, 6.45) is 0. The second-order valence-corrected chi connectivity index (χ2v) is 5.84. The molecule has 0 fully saturated rings. The number of halogens is 3. The lowest BCUT2D eigenvalue weighted by Crippen LogP contribution is -1.78. The van der Waals surface area contributed by atoms with Crippen LogP contribution in [0.2, 0.25) is 0 Å². The Hall–Kier alpha value is -0.260. The summed E-state index contributed by atoms with van der Waals surface area (Å²) in [5, 5.41) is 0. The van der Waals surface area contributed by atoms with Crippen molar-refractivity contribution in [1.82, 2.24) is 0 Å². The summed E-state index contributed by atoms with van der Waals surface area (Å²) in [7, 11) is 0. The summed E-state index contributed by atoms with van der Waals surface area (Å²) < 4.78 is 0.461. The van der Waals surface area contributed by atoms with E-state index in [1.807, 2.05) is 26.0 Å². The van der Waals surface area contributed by atoms with E-state index in [1.165, 1.54) is 22.9 Å². The number of aryl methyl sites for hydroxylation is 2. The van der Waals surface area contributed by atoms with Gasteiger partial charge in [-0.15, -0.1) is 0 Å². The molecule has 4 heteroatoms. The van der Waals surface area contributed by atoms with Crippen molar-refractivity contribution < 1.29 is 0 Å². The van der Waals surface area contributed by atoms with Gasteiger partial charge in [-0.3, -0.25) is 0 Å². The van der Waals surface area contributed by atoms with Crippen LogP contribution in [0.25, 0.3) is 0 Å². The van der Waals surface area contributed by atoms with Crippen molar-refractivity contribution in [3.05, 3.63) is 49.6 Å². The molecule has 1 rings (SSSR count). The minimum atomic E-state index is 0.0131. The molecule has 84 valence electrons. The molecule has 0 aromatic heterocycles. The molecule has 0 unspecified atom stereocenters. The van der Waals surface area contributed by atoms with Crippen molar-refractivity contribution >= 4 is 46.6 Å². The van der Waals surface area contributed by atoms with E-state index < -0.39 is 0 Å². The average molecular weight is 292 g/mol. The van der Waals surface area contributed by atoms with E-state index >= 15 is 0 Å². The Morgan fingerprint density at radius 2 is 1.56 bits per heavy atom. The van der Waals surface area contributed by atoms with Gasteiger partial charge in [-0.05, 0) is 48.6 Å². The lowest BCUT2D eigenvalue weighted by molar-refractivity contribution is 1.30. The number of benzene rings is 1. The maximum absolute atomic E-state index is 5.94. The molecular formula is C12H9Cl3S. The second kappa shape index (κ2) is 6.47. The molecule has 0 aliphatic heterocycles. The van der Waals surface area contributed by atoms with Crippen molar-refractivity contribution in [2.75, 3.05) is 0 Å². The molecule has 0 heterocycles. The third-order valence-electron chi connectivity index (χ3n) is 1.66. The first-order chi connectivity index (χ1) is 7.47. The van der Waals surface area contributed by atoms with E-state index in [-0.39, 0.29) is 4.49 Å². The van der Waals surface area contributed by atoms with Crippen LogP contribution < -0.4 is 0 Å². The molecule has 0 aliphatic rings. The molecule has 0 nitrogen and oxygen atoms in total. The standard InChI is InChI=1S/C12H9Cl3S/c1-8-5-9(2)7-10(6-8)16-12(15)4-3-11(13)14/h5-7H,1-2H3. The van der Waals surface area contributed by atoms with E-state index in [1.54, 1.807) is 0 Å². The third kappa shape index (κ3) is 5.18. The van der Waals surface area contributed by atoms with Crippen molar-refractivity contribution in [2.45, 2.75) is 18.7 Å². The molecule has 0 bridgehead atoms. The van der Waals surface area contributed by atoms with Crippen LogP contribution in [0.4, 0.5) is 0 Å². The SMILES string of the molecule is Cc1cc(C)cc(SC(Cl)=C=C=C(Cl)Cl)c1. The van der Waals surface area contributed by atoms with Crippen LogP contribution in [-0.2, 0) is 0 Å². The maximum Gasteiger partial charge on any atom is 0.156 e. The lowest BCUT2D eigenvalue weighted by atomic mass is 10.2. The monoisotopic (exact) mass is 290 g/mol. The van der Waals surface area contributed by atoms with E-state index in [4.69, 9.17) is 34.8 Å². The molecule has 0 atom stereocenters. The van der Waals surface area contributed by atoms with Crippen LogP contribution >= 0.6 is 46.6 Å². The summed E-state index contributed by atoms with van der Waals surface area (Å²) in [5.74, 6) is 0. The van der Waals surface area contributed by atoms with Gasteiger partial charge < -0.3 is 0 Å². The molecule has 0 aliphatic carbocycles. The number of thioether (sulfide) groups is 1. The van der Waals surface area contributed by atoms with Gasteiger partial charge in [-0.2, -0.15) is 0 Å². The highest BCUT2D eigenvalue weighted by Gasteiger charge is 1.99. The molecule has 1 aromatic carbocycles. The van der Waals surface area contributed by atoms with Gasteiger partial charge in [0.05, 0.1) is 0 Å². The predicted octanol–water partition coefficient (Wildman–Crippen LogP) is 5.55. The zero-order chi connectivity index (χ0) is 12.1. The normalized spacial score (nSPS) is 9.31. The molecule has 0 saturated carbocycles. The van der Waals surface area contributed by atoms with Crippen molar-refractivity contribution in [3.8, 4) is 0 Å². The number of rotatable bonds is 2. The van der Waals surface area contributed by atoms with E-state index in [0.717, 1.165) is 4.90 Å². The molecule has 0 saturated heterocycles. The zero-order valence-electron chi connectivity index (χ0n) is 8.77. The Bertz CT molecular complexity index is 469. The van der Waals surface area contributed by atoms with Crippen LogP contribution in [0.5, 0.6) is 0 Å². The van der Waals surface area contributed by atoms with E-state index in [0.29, 0.717) is 4.36 Å². The van der Waals surface area contributed by atoms with Gasteiger partial charge in [0.15, 0.2) is 4.49 Å². The third-order valence-corrected chi connectivity index (χ3v) is 2.93. The Kier molecular flexibility index (Phi) is 5.58. The lowest BCUT2D eigenvalue weighted by Gasteiger charge is -2.01. The maximum atomic E-state index is 5.94. The largest absolute Gasteiger partial charge is 0.156 e. The van der Waals surface area contributed by atoms with Crippen molar-refractivity contribution in [1.29, 1.82) is 0 Å². The summed E-state index contributed by atoms with van der Waals surface area (Å²) in [5.41, 5.74) is 7.56. The molecular weight excluding hydrogens is 283 g/mol. The Balaban J connectivity index is 2.98. The Morgan fingerprint density at radius 3 is 2.06 bits per heavy atom. The minimum absolute atomic E-state index is 0.0131. The highest BCUT2D eigenvalue weighted by atomic mass is 35.5. The molecule has 0 amide bonds. The number of hydrogen-bond acceptors (Lipinski definition) is 1. The van der Waals surface area contributed by atoms with Crippen LogP contribution in [0.15, 0.2) is 43.4 Å². The van der Waals surface area contributed by atoms with Crippen molar-refractivity contribution in [3.63, 3.8) is 0 Å². The fourth-order valence-electron chi connectivity index (χ4n) is 1.22. The average Bonchev–Trinajstić information content (AvgIpc) is 2.12. The minimum Gasteiger partial charge on any atom is -0.0687 e. The van der Waals surface area contributed by atoms with Crippen LogP contribution in [-0.4, -0.2) is 0 Å². The predicted molar refractivity (Wildman–Crippen MR) is 73.4 cm³/mol. The van der Waals surface area contributed by atoms with Crippen LogP contribution in [0.1, 0.15) is 11.1 Å². The summed E-state index contributed by atoms with van der Waals surface area (Å²) in [6.45, 7) is 4.08. The quantitative estimate of drug-likeness (QED) is 0.508. The zero-order valence-corrected chi connectivity index (χ0v) is 11.9. The Morgan fingerprint density at radius 1 is 1.00 bits per heavy atom. The first-order valence-electron chi connectivity index (χ1n) is 4.46. The first kappa shape index (κ1) is 13.8. The van der Waals surface area contributed by atoms with Crippen LogP contribution in [0.3, 0.4) is 0 Å². The molecule has 0 radical (unpaired) electrons. The number of hydrogen-bond donors (Lipinski definition) is 0.